The largest absolute Gasteiger partial charge is 0.454 e. The van der Waals surface area contributed by atoms with Gasteiger partial charge in [-0.3, -0.25) is 0 Å². The Morgan fingerprint density at radius 1 is 0.417 bits per heavy atom. The van der Waals surface area contributed by atoms with Crippen molar-refractivity contribution < 1.29 is 28.4 Å². The van der Waals surface area contributed by atoms with Gasteiger partial charge in [0.25, 0.3) is 0 Å². The van der Waals surface area contributed by atoms with Crippen molar-refractivity contribution in [3.63, 3.8) is 0 Å². The fourth-order valence-electron chi connectivity index (χ4n) is 5.41. The summed E-state index contributed by atoms with van der Waals surface area (Å²) in [6.45, 7) is 0.549. The summed E-state index contributed by atoms with van der Waals surface area (Å²) in [5, 5.41) is 0. The molecule has 7 aromatic rings. The first-order valence-electron chi connectivity index (χ1n) is 11.3. The lowest BCUT2D eigenvalue weighted by molar-refractivity contribution is 0.173. The van der Waals surface area contributed by atoms with E-state index in [9.17, 15) is 0 Å². The van der Waals surface area contributed by atoms with Gasteiger partial charge in [0, 0.05) is 36.4 Å². The maximum absolute atomic E-state index is 5.67. The number of nitrogens with zero attached hydrogens (tertiary/aromatic N) is 6. The Hall–Kier alpha value is -5.13. The van der Waals surface area contributed by atoms with E-state index in [0.717, 1.165) is 33.1 Å². The number of hydrogen-bond donors (Lipinski definition) is 0. The molecule has 0 N–H and O–H groups in total. The van der Waals surface area contributed by atoms with Crippen molar-refractivity contribution in [1.82, 2.24) is 28.2 Å². The molecule has 0 unspecified atom stereocenters. The maximum Gasteiger partial charge on any atom is 0.231 e. The van der Waals surface area contributed by atoms with Crippen molar-refractivity contribution in [2.24, 2.45) is 0 Å². The quantitative estimate of drug-likeness (QED) is 0.323. The average Bonchev–Trinajstić information content (AvgIpc) is 3.70. The minimum Gasteiger partial charge on any atom is -0.454 e. The van der Waals surface area contributed by atoms with E-state index in [4.69, 9.17) is 43.4 Å². The second kappa shape index (κ2) is 5.57. The third-order valence-corrected chi connectivity index (χ3v) is 6.99. The topological polar surface area (TPSA) is 107 Å². The van der Waals surface area contributed by atoms with Gasteiger partial charge in [0.05, 0.1) is 33.1 Å². The molecule has 174 valence electrons. The number of rotatable bonds is 0. The molecule has 12 nitrogen and oxygen atoms in total. The van der Waals surface area contributed by atoms with E-state index < -0.39 is 0 Å². The first kappa shape index (κ1) is 17.3. The zero-order chi connectivity index (χ0) is 23.1. The summed E-state index contributed by atoms with van der Waals surface area (Å²) in [5.41, 5.74) is 4.74. The second-order valence-electron chi connectivity index (χ2n) is 8.82. The average molecular weight is 480 g/mol. The SMILES string of the molecule is c1c2c(cc3c1nc1n3c3nc4cc5c(cc4n3c3nc4cc6c(cc4n13)OCO6)OCO5)OCO2. The summed E-state index contributed by atoms with van der Waals surface area (Å²) >= 11 is 0. The number of imidazole rings is 3. The Kier molecular flexibility index (Phi) is 2.68. The number of benzene rings is 3. The van der Waals surface area contributed by atoms with Crippen LogP contribution in [0.2, 0.25) is 0 Å². The van der Waals surface area contributed by atoms with Gasteiger partial charge in [-0.15, -0.1) is 0 Å². The van der Waals surface area contributed by atoms with E-state index >= 15 is 0 Å². The van der Waals surface area contributed by atoms with Crippen LogP contribution in [0.1, 0.15) is 0 Å². The van der Waals surface area contributed by atoms with Crippen LogP contribution in [-0.2, 0) is 0 Å². The summed E-state index contributed by atoms with van der Waals surface area (Å²) in [5.74, 6) is 5.92. The maximum atomic E-state index is 5.67. The lowest BCUT2D eigenvalue weighted by atomic mass is 10.3. The number of ether oxygens (including phenoxy) is 6. The zero-order valence-corrected chi connectivity index (χ0v) is 18.2. The molecule has 0 bridgehead atoms. The van der Waals surface area contributed by atoms with Crippen LogP contribution in [0.4, 0.5) is 0 Å². The van der Waals surface area contributed by atoms with Crippen LogP contribution in [0.3, 0.4) is 0 Å². The highest BCUT2D eigenvalue weighted by molar-refractivity contribution is 5.93. The third kappa shape index (κ3) is 1.89. The molecule has 0 atom stereocenters. The van der Waals surface area contributed by atoms with Gasteiger partial charge in [-0.2, -0.15) is 0 Å². The van der Waals surface area contributed by atoms with Gasteiger partial charge in [0.15, 0.2) is 34.5 Å². The normalized spacial score (nSPS) is 15.7. The van der Waals surface area contributed by atoms with Crippen LogP contribution in [0.5, 0.6) is 34.5 Å². The summed E-state index contributed by atoms with van der Waals surface area (Å²) in [7, 11) is 0. The minimum absolute atomic E-state index is 0.183. The van der Waals surface area contributed by atoms with Crippen LogP contribution in [0, 0.1) is 0 Å². The molecule has 3 aromatic carbocycles. The van der Waals surface area contributed by atoms with Crippen molar-refractivity contribution in [2.75, 3.05) is 20.4 Å². The van der Waals surface area contributed by atoms with E-state index in [1.54, 1.807) is 0 Å². The van der Waals surface area contributed by atoms with E-state index in [2.05, 4.69) is 0 Å². The minimum atomic E-state index is 0.183. The van der Waals surface area contributed by atoms with E-state index in [0.29, 0.717) is 51.8 Å². The van der Waals surface area contributed by atoms with Crippen LogP contribution >= 0.6 is 0 Å². The third-order valence-electron chi connectivity index (χ3n) is 6.99. The molecule has 0 amide bonds. The summed E-state index contributed by atoms with van der Waals surface area (Å²) in [6, 6.07) is 11.5. The van der Waals surface area contributed by atoms with Crippen LogP contribution in [0.25, 0.3) is 50.4 Å². The smallest absolute Gasteiger partial charge is 0.231 e. The molecule has 7 heterocycles. The molecular weight excluding hydrogens is 468 g/mol. The fourth-order valence-corrected chi connectivity index (χ4v) is 5.41. The summed E-state index contributed by atoms with van der Waals surface area (Å²) in [6.07, 6.45) is 0. The Morgan fingerprint density at radius 3 is 1.00 bits per heavy atom. The molecule has 12 heteroatoms. The molecule has 3 aliphatic heterocycles. The molecule has 0 aliphatic carbocycles. The Balaban J connectivity index is 1.49. The monoisotopic (exact) mass is 480 g/mol. The standard InChI is InChI=1S/C24H12N6O6/c1-10-13(4-19-16(1)31-7-34-19)28-22(25-10)29-14-5-20-17(32-8-35-20)2-11(14)27-24(29)30-15-6-21-18(33-9-36-21)3-12(15)26-23(28)30/h1-6H,7-9H2. The van der Waals surface area contributed by atoms with Crippen molar-refractivity contribution in [3.8, 4) is 34.5 Å². The Morgan fingerprint density at radius 2 is 0.694 bits per heavy atom. The van der Waals surface area contributed by atoms with Crippen LogP contribution in [-0.4, -0.2) is 48.5 Å². The number of aromatic nitrogens is 6. The lowest BCUT2D eigenvalue weighted by Crippen LogP contribution is -2.04. The predicted octanol–water partition coefficient (Wildman–Crippen LogP) is 3.28. The lowest BCUT2D eigenvalue weighted by Gasteiger charge is -2.06. The molecule has 0 fully saturated rings. The van der Waals surface area contributed by atoms with Crippen molar-refractivity contribution in [3.05, 3.63) is 36.4 Å². The van der Waals surface area contributed by atoms with Crippen LogP contribution in [0.15, 0.2) is 36.4 Å². The van der Waals surface area contributed by atoms with Gasteiger partial charge < -0.3 is 28.4 Å². The molecular formula is C24H12N6O6. The molecule has 0 saturated heterocycles. The molecule has 10 rings (SSSR count). The summed E-state index contributed by atoms with van der Waals surface area (Å²) in [4.78, 5) is 15.0. The van der Waals surface area contributed by atoms with Gasteiger partial charge in [0.2, 0.25) is 37.7 Å². The highest BCUT2D eigenvalue weighted by Gasteiger charge is 2.26. The number of fused-ring (bicyclic) bond motifs is 15. The van der Waals surface area contributed by atoms with E-state index in [1.165, 1.54) is 0 Å². The Labute approximate surface area is 198 Å². The highest BCUT2D eigenvalue weighted by Crippen LogP contribution is 2.41. The van der Waals surface area contributed by atoms with Gasteiger partial charge in [-0.1, -0.05) is 0 Å². The zero-order valence-electron chi connectivity index (χ0n) is 18.2. The van der Waals surface area contributed by atoms with Gasteiger partial charge >= 0.3 is 0 Å². The summed E-state index contributed by atoms with van der Waals surface area (Å²) < 4.78 is 39.8. The fraction of sp³-hybridized carbons (Fsp3) is 0.125. The van der Waals surface area contributed by atoms with Gasteiger partial charge in [-0.05, 0) is 0 Å². The Bertz CT molecular complexity index is 1880. The molecule has 36 heavy (non-hydrogen) atoms. The van der Waals surface area contributed by atoms with Crippen molar-refractivity contribution >= 4 is 50.4 Å². The van der Waals surface area contributed by atoms with Crippen molar-refractivity contribution in [1.29, 1.82) is 0 Å². The van der Waals surface area contributed by atoms with E-state index in [-0.39, 0.29) is 20.4 Å². The van der Waals surface area contributed by atoms with Gasteiger partial charge in [-0.25, -0.2) is 28.2 Å². The second-order valence-corrected chi connectivity index (χ2v) is 8.82. The molecule has 0 radical (unpaired) electrons. The van der Waals surface area contributed by atoms with E-state index in [1.807, 2.05) is 49.6 Å². The molecule has 0 spiro atoms. The van der Waals surface area contributed by atoms with Crippen molar-refractivity contribution in [2.45, 2.75) is 0 Å². The van der Waals surface area contributed by atoms with Crippen LogP contribution < -0.4 is 28.4 Å². The first-order valence-corrected chi connectivity index (χ1v) is 11.3. The molecule has 4 aromatic heterocycles. The first-order chi connectivity index (χ1) is 17.8. The molecule has 0 saturated carbocycles. The molecule has 3 aliphatic rings. The predicted molar refractivity (Wildman–Crippen MR) is 124 cm³/mol. The van der Waals surface area contributed by atoms with Gasteiger partial charge in [0.1, 0.15) is 0 Å². The highest BCUT2D eigenvalue weighted by atomic mass is 16.7. The number of hydrogen-bond acceptors (Lipinski definition) is 9.